The summed E-state index contributed by atoms with van der Waals surface area (Å²) in [5, 5.41) is 9.00. The van der Waals surface area contributed by atoms with Gasteiger partial charge < -0.3 is 5.11 Å². The SMILES string of the molecule is C=CCCCCCC(O)CC(F)(F)F. The molecule has 0 saturated heterocycles. The first-order chi connectivity index (χ1) is 6.45. The van der Waals surface area contributed by atoms with Gasteiger partial charge in [0.15, 0.2) is 0 Å². The molecule has 0 rings (SSSR count). The van der Waals surface area contributed by atoms with Crippen LogP contribution in [0.1, 0.15) is 38.5 Å². The predicted octanol–water partition coefficient (Wildman–Crippen LogP) is 3.44. The summed E-state index contributed by atoms with van der Waals surface area (Å²) in [6.45, 7) is 3.54. The third kappa shape index (κ3) is 9.58. The van der Waals surface area contributed by atoms with Crippen molar-refractivity contribution in [2.24, 2.45) is 0 Å². The summed E-state index contributed by atoms with van der Waals surface area (Å²) in [7, 11) is 0. The number of aliphatic hydroxyl groups excluding tert-OH is 1. The second-order valence-corrected chi connectivity index (χ2v) is 3.40. The van der Waals surface area contributed by atoms with Gasteiger partial charge in [-0.05, 0) is 19.3 Å². The second-order valence-electron chi connectivity index (χ2n) is 3.40. The Hall–Kier alpha value is -0.510. The number of hydrogen-bond donors (Lipinski definition) is 1. The molecular formula is C10H17F3O. The maximum absolute atomic E-state index is 11.8. The van der Waals surface area contributed by atoms with Gasteiger partial charge in [-0.25, -0.2) is 0 Å². The minimum absolute atomic E-state index is 0.233. The van der Waals surface area contributed by atoms with E-state index in [0.717, 1.165) is 19.3 Å². The molecule has 0 spiro atoms. The fraction of sp³-hybridized carbons (Fsp3) is 0.800. The molecule has 0 fully saturated rings. The summed E-state index contributed by atoms with van der Waals surface area (Å²) in [6, 6.07) is 0. The molecule has 0 saturated carbocycles. The van der Waals surface area contributed by atoms with Crippen molar-refractivity contribution in [3.8, 4) is 0 Å². The molecule has 0 bridgehead atoms. The van der Waals surface area contributed by atoms with E-state index in [2.05, 4.69) is 6.58 Å². The number of alkyl halides is 3. The van der Waals surface area contributed by atoms with Gasteiger partial charge in [0.2, 0.25) is 0 Å². The molecule has 1 unspecified atom stereocenters. The molecule has 0 aliphatic carbocycles. The molecule has 1 N–H and O–H groups in total. The van der Waals surface area contributed by atoms with Gasteiger partial charge in [-0.3, -0.25) is 0 Å². The maximum atomic E-state index is 11.8. The molecule has 0 aromatic heterocycles. The molecule has 0 amide bonds. The van der Waals surface area contributed by atoms with E-state index in [1.807, 2.05) is 0 Å². The highest BCUT2D eigenvalue weighted by atomic mass is 19.4. The van der Waals surface area contributed by atoms with Gasteiger partial charge in [0.25, 0.3) is 0 Å². The summed E-state index contributed by atoms with van der Waals surface area (Å²) < 4.78 is 35.3. The van der Waals surface area contributed by atoms with Crippen molar-refractivity contribution in [1.82, 2.24) is 0 Å². The molecule has 0 aliphatic rings. The molecule has 14 heavy (non-hydrogen) atoms. The van der Waals surface area contributed by atoms with Crippen molar-refractivity contribution in [1.29, 1.82) is 0 Å². The minimum Gasteiger partial charge on any atom is -0.393 e. The van der Waals surface area contributed by atoms with Gasteiger partial charge >= 0.3 is 6.18 Å². The normalized spacial score (nSPS) is 14.0. The number of aliphatic hydroxyl groups is 1. The lowest BCUT2D eigenvalue weighted by Crippen LogP contribution is -2.19. The zero-order valence-corrected chi connectivity index (χ0v) is 8.19. The van der Waals surface area contributed by atoms with Crippen molar-refractivity contribution >= 4 is 0 Å². The van der Waals surface area contributed by atoms with E-state index >= 15 is 0 Å². The molecule has 0 radical (unpaired) electrons. The number of hydrogen-bond acceptors (Lipinski definition) is 1. The number of rotatable bonds is 7. The van der Waals surface area contributed by atoms with E-state index in [9.17, 15) is 13.2 Å². The molecule has 1 nitrogen and oxygen atoms in total. The first-order valence-electron chi connectivity index (χ1n) is 4.81. The summed E-state index contributed by atoms with van der Waals surface area (Å²) in [6.07, 6.45) is -1.25. The van der Waals surface area contributed by atoms with Crippen LogP contribution in [-0.4, -0.2) is 17.4 Å². The monoisotopic (exact) mass is 210 g/mol. The molecule has 1 atom stereocenters. The molecular weight excluding hydrogens is 193 g/mol. The number of allylic oxidation sites excluding steroid dienone is 1. The first-order valence-corrected chi connectivity index (χ1v) is 4.81. The van der Waals surface area contributed by atoms with Crippen molar-refractivity contribution in [2.75, 3.05) is 0 Å². The second kappa shape index (κ2) is 6.87. The fourth-order valence-electron chi connectivity index (χ4n) is 1.21. The standard InChI is InChI=1S/C10H17F3O/c1-2-3-4-5-6-7-9(14)8-10(11,12)13/h2,9,14H,1,3-8H2. The van der Waals surface area contributed by atoms with Gasteiger partial charge in [0.05, 0.1) is 12.5 Å². The van der Waals surface area contributed by atoms with Gasteiger partial charge in [-0.15, -0.1) is 6.58 Å². The van der Waals surface area contributed by atoms with Crippen molar-refractivity contribution in [3.63, 3.8) is 0 Å². The quantitative estimate of drug-likeness (QED) is 0.504. The van der Waals surface area contributed by atoms with Crippen LogP contribution in [0.3, 0.4) is 0 Å². The Labute approximate surface area is 82.6 Å². The molecule has 0 aliphatic heterocycles. The van der Waals surface area contributed by atoms with Crippen LogP contribution in [0.5, 0.6) is 0 Å². The fourth-order valence-corrected chi connectivity index (χ4v) is 1.21. The molecule has 0 heterocycles. The average molecular weight is 210 g/mol. The maximum Gasteiger partial charge on any atom is 0.391 e. The van der Waals surface area contributed by atoms with Crippen LogP contribution in [0.25, 0.3) is 0 Å². The zero-order valence-electron chi connectivity index (χ0n) is 8.19. The Kier molecular flexibility index (Phi) is 6.62. The summed E-state index contributed by atoms with van der Waals surface area (Å²) in [5.74, 6) is 0. The van der Waals surface area contributed by atoms with E-state index in [-0.39, 0.29) is 6.42 Å². The summed E-state index contributed by atoms with van der Waals surface area (Å²) in [5.41, 5.74) is 0. The zero-order chi connectivity index (χ0) is 11.0. The average Bonchev–Trinajstić information content (AvgIpc) is 2.00. The summed E-state index contributed by atoms with van der Waals surface area (Å²) in [4.78, 5) is 0. The van der Waals surface area contributed by atoms with Crippen LogP contribution in [-0.2, 0) is 0 Å². The lowest BCUT2D eigenvalue weighted by Gasteiger charge is -2.12. The molecule has 84 valence electrons. The first kappa shape index (κ1) is 13.5. The van der Waals surface area contributed by atoms with E-state index in [4.69, 9.17) is 5.11 Å². The highest BCUT2D eigenvalue weighted by molar-refractivity contribution is 4.66. The van der Waals surface area contributed by atoms with Crippen LogP contribution in [0.4, 0.5) is 13.2 Å². The molecule has 0 aromatic carbocycles. The van der Waals surface area contributed by atoms with Crippen LogP contribution in [0, 0.1) is 0 Å². The Bertz CT molecular complexity index is 154. The van der Waals surface area contributed by atoms with E-state index < -0.39 is 18.7 Å². The molecule has 4 heteroatoms. The largest absolute Gasteiger partial charge is 0.393 e. The number of halogens is 3. The third-order valence-corrected chi connectivity index (χ3v) is 1.91. The Morgan fingerprint density at radius 2 is 1.86 bits per heavy atom. The van der Waals surface area contributed by atoms with Gasteiger partial charge in [-0.2, -0.15) is 13.2 Å². The lowest BCUT2D eigenvalue weighted by atomic mass is 10.1. The highest BCUT2D eigenvalue weighted by Gasteiger charge is 2.30. The Morgan fingerprint density at radius 1 is 1.21 bits per heavy atom. The van der Waals surface area contributed by atoms with Crippen molar-refractivity contribution < 1.29 is 18.3 Å². The van der Waals surface area contributed by atoms with E-state index in [1.165, 1.54) is 0 Å². The van der Waals surface area contributed by atoms with Gasteiger partial charge in [0, 0.05) is 0 Å². The van der Waals surface area contributed by atoms with Crippen LogP contribution < -0.4 is 0 Å². The van der Waals surface area contributed by atoms with Crippen molar-refractivity contribution in [2.45, 2.75) is 50.8 Å². The lowest BCUT2D eigenvalue weighted by molar-refractivity contribution is -0.154. The third-order valence-electron chi connectivity index (χ3n) is 1.91. The van der Waals surface area contributed by atoms with Crippen LogP contribution in [0.2, 0.25) is 0 Å². The smallest absolute Gasteiger partial charge is 0.391 e. The van der Waals surface area contributed by atoms with E-state index in [0.29, 0.717) is 6.42 Å². The van der Waals surface area contributed by atoms with E-state index in [1.54, 1.807) is 6.08 Å². The number of unbranched alkanes of at least 4 members (excludes halogenated alkanes) is 3. The van der Waals surface area contributed by atoms with Crippen LogP contribution in [0.15, 0.2) is 12.7 Å². The van der Waals surface area contributed by atoms with Crippen molar-refractivity contribution in [3.05, 3.63) is 12.7 Å². The predicted molar refractivity (Wildman–Crippen MR) is 50.0 cm³/mol. The topological polar surface area (TPSA) is 20.2 Å². The summed E-state index contributed by atoms with van der Waals surface area (Å²) >= 11 is 0. The Balaban J connectivity index is 3.35. The van der Waals surface area contributed by atoms with Gasteiger partial charge in [-0.1, -0.05) is 18.9 Å². The van der Waals surface area contributed by atoms with Crippen LogP contribution >= 0.6 is 0 Å². The highest BCUT2D eigenvalue weighted by Crippen LogP contribution is 2.23. The van der Waals surface area contributed by atoms with Gasteiger partial charge in [0.1, 0.15) is 0 Å². The minimum atomic E-state index is -4.25. The molecule has 0 aromatic rings. The Morgan fingerprint density at radius 3 is 2.36 bits per heavy atom.